The minimum Gasteiger partial charge on any atom is -0.353 e. The van der Waals surface area contributed by atoms with Crippen molar-refractivity contribution < 1.29 is 4.79 Å². The van der Waals surface area contributed by atoms with Crippen LogP contribution in [0, 0.1) is 0 Å². The largest absolute Gasteiger partial charge is 0.353 e. The molecule has 5 nitrogen and oxygen atoms in total. The van der Waals surface area contributed by atoms with Crippen LogP contribution in [0.4, 0.5) is 0 Å². The summed E-state index contributed by atoms with van der Waals surface area (Å²) in [6, 6.07) is 11.1. The van der Waals surface area contributed by atoms with E-state index in [1.807, 2.05) is 18.2 Å². The summed E-state index contributed by atoms with van der Waals surface area (Å²) >= 11 is 0. The standard InChI is InChI=1S/C19H32N4O/c1-16(2)23-12-10-22(11-13-23)15-19(24)20-14-18(21(3)4)17-8-6-5-7-9-17/h5-9,16,18H,10-15H2,1-4H3,(H,20,24)/t18-/m0/s1. The topological polar surface area (TPSA) is 38.8 Å². The van der Waals surface area contributed by atoms with Crippen molar-refractivity contribution in [3.8, 4) is 0 Å². The molecule has 1 saturated heterocycles. The SMILES string of the molecule is CC(C)N1CCN(CC(=O)NC[C@@H](c2ccccc2)N(C)C)CC1. The average molecular weight is 332 g/mol. The average Bonchev–Trinajstić information content (AvgIpc) is 2.56. The lowest BCUT2D eigenvalue weighted by atomic mass is 10.1. The fraction of sp³-hybridized carbons (Fsp3) is 0.632. The van der Waals surface area contributed by atoms with E-state index < -0.39 is 0 Å². The number of rotatable bonds is 7. The maximum Gasteiger partial charge on any atom is 0.234 e. The second kappa shape index (κ2) is 9.16. The second-order valence-electron chi connectivity index (χ2n) is 7.10. The van der Waals surface area contributed by atoms with Crippen LogP contribution in [0.1, 0.15) is 25.5 Å². The molecule has 1 aliphatic heterocycles. The summed E-state index contributed by atoms with van der Waals surface area (Å²) in [7, 11) is 4.10. The van der Waals surface area contributed by atoms with Crippen LogP contribution >= 0.6 is 0 Å². The smallest absolute Gasteiger partial charge is 0.234 e. The van der Waals surface area contributed by atoms with Gasteiger partial charge in [-0.05, 0) is 33.5 Å². The van der Waals surface area contributed by atoms with Gasteiger partial charge in [0, 0.05) is 38.8 Å². The molecule has 24 heavy (non-hydrogen) atoms. The fourth-order valence-corrected chi connectivity index (χ4v) is 3.18. The van der Waals surface area contributed by atoms with E-state index in [9.17, 15) is 4.79 Å². The highest BCUT2D eigenvalue weighted by Crippen LogP contribution is 2.16. The van der Waals surface area contributed by atoms with E-state index in [-0.39, 0.29) is 11.9 Å². The summed E-state index contributed by atoms with van der Waals surface area (Å²) in [5.74, 6) is 0.121. The van der Waals surface area contributed by atoms with Crippen molar-refractivity contribution in [1.82, 2.24) is 20.0 Å². The van der Waals surface area contributed by atoms with Gasteiger partial charge >= 0.3 is 0 Å². The molecule has 0 radical (unpaired) electrons. The molecule has 0 spiro atoms. The Hall–Kier alpha value is -1.43. The third-order valence-corrected chi connectivity index (χ3v) is 4.80. The number of carbonyl (C=O) groups excluding carboxylic acids is 1. The molecule has 0 unspecified atom stereocenters. The minimum atomic E-state index is 0.121. The van der Waals surface area contributed by atoms with Gasteiger partial charge in [-0.15, -0.1) is 0 Å². The van der Waals surface area contributed by atoms with Crippen LogP contribution in [0.15, 0.2) is 30.3 Å². The van der Waals surface area contributed by atoms with Gasteiger partial charge in [-0.1, -0.05) is 30.3 Å². The number of benzene rings is 1. The molecule has 1 atom stereocenters. The molecular formula is C19H32N4O. The highest BCUT2D eigenvalue weighted by Gasteiger charge is 2.21. The number of piperazine rings is 1. The number of nitrogens with zero attached hydrogens (tertiary/aromatic N) is 3. The van der Waals surface area contributed by atoms with E-state index in [0.717, 1.165) is 26.2 Å². The lowest BCUT2D eigenvalue weighted by molar-refractivity contribution is -0.122. The fourth-order valence-electron chi connectivity index (χ4n) is 3.18. The number of likely N-dealkylation sites (N-methyl/N-ethyl adjacent to an activating group) is 1. The highest BCUT2D eigenvalue weighted by atomic mass is 16.2. The predicted octanol–water partition coefficient (Wildman–Crippen LogP) is 1.43. The van der Waals surface area contributed by atoms with Gasteiger partial charge in [-0.2, -0.15) is 0 Å². The van der Waals surface area contributed by atoms with E-state index in [4.69, 9.17) is 0 Å². The molecule has 0 aromatic heterocycles. The molecule has 1 aromatic rings. The lowest BCUT2D eigenvalue weighted by Gasteiger charge is -2.36. The van der Waals surface area contributed by atoms with Crippen LogP contribution in [0.3, 0.4) is 0 Å². The second-order valence-corrected chi connectivity index (χ2v) is 7.10. The van der Waals surface area contributed by atoms with E-state index in [1.165, 1.54) is 5.56 Å². The Balaban J connectivity index is 1.78. The van der Waals surface area contributed by atoms with Gasteiger partial charge in [0.1, 0.15) is 0 Å². The Morgan fingerprint density at radius 1 is 1.12 bits per heavy atom. The number of carbonyl (C=O) groups is 1. The van der Waals surface area contributed by atoms with Crippen LogP contribution in [-0.2, 0) is 4.79 Å². The maximum atomic E-state index is 12.3. The zero-order chi connectivity index (χ0) is 17.5. The highest BCUT2D eigenvalue weighted by molar-refractivity contribution is 5.78. The first-order valence-electron chi connectivity index (χ1n) is 8.92. The van der Waals surface area contributed by atoms with Crippen LogP contribution in [0.25, 0.3) is 0 Å². The minimum absolute atomic E-state index is 0.121. The molecule has 1 amide bonds. The quantitative estimate of drug-likeness (QED) is 0.820. The maximum absolute atomic E-state index is 12.3. The van der Waals surface area contributed by atoms with Crippen LogP contribution in [0.2, 0.25) is 0 Å². The molecule has 134 valence electrons. The van der Waals surface area contributed by atoms with Crippen molar-refractivity contribution in [2.45, 2.75) is 25.9 Å². The van der Waals surface area contributed by atoms with Crippen LogP contribution < -0.4 is 5.32 Å². The molecule has 1 aliphatic rings. The zero-order valence-corrected chi connectivity index (χ0v) is 15.5. The number of amides is 1. The van der Waals surface area contributed by atoms with Gasteiger partial charge in [-0.3, -0.25) is 14.6 Å². The van der Waals surface area contributed by atoms with Gasteiger partial charge in [0.15, 0.2) is 0 Å². The summed E-state index contributed by atoms with van der Waals surface area (Å²) < 4.78 is 0. The van der Waals surface area contributed by atoms with E-state index >= 15 is 0 Å². The van der Waals surface area contributed by atoms with Crippen LogP contribution in [-0.4, -0.2) is 80.0 Å². The molecule has 1 fully saturated rings. The van der Waals surface area contributed by atoms with Gasteiger partial charge in [0.2, 0.25) is 5.91 Å². The summed E-state index contributed by atoms with van der Waals surface area (Å²) in [6.07, 6.45) is 0. The molecule has 1 aromatic carbocycles. The van der Waals surface area contributed by atoms with Crippen molar-refractivity contribution in [2.24, 2.45) is 0 Å². The van der Waals surface area contributed by atoms with Gasteiger partial charge in [0.05, 0.1) is 12.6 Å². The van der Waals surface area contributed by atoms with Crippen molar-refractivity contribution in [3.63, 3.8) is 0 Å². The summed E-state index contributed by atoms with van der Waals surface area (Å²) in [4.78, 5) is 19.2. The zero-order valence-electron chi connectivity index (χ0n) is 15.5. The Bertz CT molecular complexity index is 495. The predicted molar refractivity (Wildman–Crippen MR) is 99.0 cm³/mol. The summed E-state index contributed by atoms with van der Waals surface area (Å²) in [6.45, 7) is 9.65. The molecule has 2 rings (SSSR count). The normalized spacial score (nSPS) is 18.1. The van der Waals surface area contributed by atoms with E-state index in [2.05, 4.69) is 60.1 Å². The number of hydrogen-bond donors (Lipinski definition) is 1. The first-order chi connectivity index (χ1) is 11.5. The first kappa shape index (κ1) is 18.9. The lowest BCUT2D eigenvalue weighted by Crippen LogP contribution is -2.51. The molecular weight excluding hydrogens is 300 g/mol. The van der Waals surface area contributed by atoms with E-state index in [1.54, 1.807) is 0 Å². The third-order valence-electron chi connectivity index (χ3n) is 4.80. The first-order valence-corrected chi connectivity index (χ1v) is 8.92. The third kappa shape index (κ3) is 5.58. The van der Waals surface area contributed by atoms with Crippen molar-refractivity contribution >= 4 is 5.91 Å². The van der Waals surface area contributed by atoms with Gasteiger partial charge < -0.3 is 10.2 Å². The van der Waals surface area contributed by atoms with Gasteiger partial charge in [0.25, 0.3) is 0 Å². The van der Waals surface area contributed by atoms with E-state index in [0.29, 0.717) is 19.1 Å². The van der Waals surface area contributed by atoms with Crippen molar-refractivity contribution in [1.29, 1.82) is 0 Å². The van der Waals surface area contributed by atoms with Gasteiger partial charge in [-0.25, -0.2) is 0 Å². The molecule has 1 heterocycles. The summed E-state index contributed by atoms with van der Waals surface area (Å²) in [5, 5.41) is 3.11. The van der Waals surface area contributed by atoms with Crippen molar-refractivity contribution in [2.75, 3.05) is 53.4 Å². The molecule has 5 heteroatoms. The monoisotopic (exact) mass is 332 g/mol. The molecule has 1 N–H and O–H groups in total. The number of nitrogens with one attached hydrogen (secondary N) is 1. The summed E-state index contributed by atoms with van der Waals surface area (Å²) in [5.41, 5.74) is 1.23. The van der Waals surface area contributed by atoms with Crippen LogP contribution in [0.5, 0.6) is 0 Å². The molecule has 0 aliphatic carbocycles. The molecule has 0 saturated carbocycles. The Kier molecular flexibility index (Phi) is 7.21. The number of hydrogen-bond acceptors (Lipinski definition) is 4. The Morgan fingerprint density at radius 2 is 1.75 bits per heavy atom. The van der Waals surface area contributed by atoms with Crippen molar-refractivity contribution in [3.05, 3.63) is 35.9 Å². The Labute approximate surface area is 146 Å². The Morgan fingerprint density at radius 3 is 2.29 bits per heavy atom. The molecule has 0 bridgehead atoms.